The van der Waals surface area contributed by atoms with E-state index >= 15 is 0 Å². The first-order valence-electron chi connectivity index (χ1n) is 8.54. The van der Waals surface area contributed by atoms with Crippen molar-refractivity contribution in [3.05, 3.63) is 87.1 Å². The molecule has 5 nitrogen and oxygen atoms in total. The first kappa shape index (κ1) is 20.7. The Morgan fingerprint density at radius 3 is 2.48 bits per heavy atom. The number of H-pyrrole nitrogens is 1. The minimum atomic E-state index is -1.08. The molecule has 0 aliphatic carbocycles. The molecule has 0 spiro atoms. The van der Waals surface area contributed by atoms with Gasteiger partial charge in [-0.25, -0.2) is 18.2 Å². The quantitative estimate of drug-likeness (QED) is 0.468. The maximum Gasteiger partial charge on any atom is 0.255 e. The second-order valence-corrected chi connectivity index (χ2v) is 7.17. The van der Waals surface area contributed by atoms with Crippen LogP contribution in [0.5, 0.6) is 0 Å². The molecule has 0 aliphatic rings. The zero-order valence-electron chi connectivity index (χ0n) is 15.3. The lowest BCUT2D eigenvalue weighted by Crippen LogP contribution is -2.23. The van der Waals surface area contributed by atoms with E-state index in [1.165, 1.54) is 30.0 Å². The molecule has 9 heteroatoms. The highest BCUT2D eigenvalue weighted by Gasteiger charge is 2.14. The predicted molar refractivity (Wildman–Crippen MR) is 104 cm³/mol. The first-order chi connectivity index (χ1) is 13.8. The summed E-state index contributed by atoms with van der Waals surface area (Å²) in [5, 5.41) is 2.79. The molecule has 1 aromatic heterocycles. The SMILES string of the molecule is Cc1nc(SCc2ccc(F)cc2)[nH]c(=O)c1CC(=O)Nc1ccc(F)c(F)c1. The molecule has 3 aromatic rings. The van der Waals surface area contributed by atoms with Gasteiger partial charge < -0.3 is 10.3 Å². The largest absolute Gasteiger partial charge is 0.326 e. The fourth-order valence-corrected chi connectivity index (χ4v) is 3.40. The van der Waals surface area contributed by atoms with Crippen molar-refractivity contribution in [3.8, 4) is 0 Å². The molecule has 0 saturated carbocycles. The van der Waals surface area contributed by atoms with Gasteiger partial charge in [0.15, 0.2) is 16.8 Å². The predicted octanol–water partition coefficient (Wildman–Crippen LogP) is 3.97. The third-order valence-electron chi connectivity index (χ3n) is 4.03. The normalized spacial score (nSPS) is 10.8. The van der Waals surface area contributed by atoms with E-state index in [4.69, 9.17) is 0 Å². The zero-order valence-corrected chi connectivity index (χ0v) is 16.1. The third kappa shape index (κ3) is 5.47. The van der Waals surface area contributed by atoms with Crippen LogP contribution in [0.4, 0.5) is 18.9 Å². The number of amides is 1. The van der Waals surface area contributed by atoms with Crippen LogP contribution >= 0.6 is 11.8 Å². The molecule has 0 aliphatic heterocycles. The van der Waals surface area contributed by atoms with Gasteiger partial charge in [-0.1, -0.05) is 23.9 Å². The number of rotatable bonds is 6. The number of benzene rings is 2. The van der Waals surface area contributed by atoms with E-state index < -0.39 is 23.1 Å². The van der Waals surface area contributed by atoms with Gasteiger partial charge in [-0.3, -0.25) is 9.59 Å². The molecular weight excluding hydrogens is 403 g/mol. The van der Waals surface area contributed by atoms with E-state index in [1.807, 2.05) is 0 Å². The van der Waals surface area contributed by atoms with Crippen molar-refractivity contribution in [2.45, 2.75) is 24.3 Å². The molecular formula is C20H16F3N3O2S. The topological polar surface area (TPSA) is 74.8 Å². The third-order valence-corrected chi connectivity index (χ3v) is 4.97. The van der Waals surface area contributed by atoms with E-state index in [0.29, 0.717) is 16.6 Å². The number of aromatic amines is 1. The Bertz CT molecular complexity index is 1100. The van der Waals surface area contributed by atoms with Crippen LogP contribution in [0.3, 0.4) is 0 Å². The molecule has 0 saturated heterocycles. The Morgan fingerprint density at radius 2 is 1.83 bits per heavy atom. The van der Waals surface area contributed by atoms with Crippen LogP contribution in [0.1, 0.15) is 16.8 Å². The second-order valence-electron chi connectivity index (χ2n) is 6.20. The standard InChI is InChI=1S/C20H16F3N3O2S/c1-11-15(9-18(27)25-14-6-7-16(22)17(23)8-14)19(28)26-20(24-11)29-10-12-2-4-13(21)5-3-12/h2-8H,9-10H2,1H3,(H,25,27)(H,24,26,28). The van der Waals surface area contributed by atoms with E-state index in [1.54, 1.807) is 19.1 Å². The van der Waals surface area contributed by atoms with E-state index in [9.17, 15) is 22.8 Å². The maximum absolute atomic E-state index is 13.2. The molecule has 2 N–H and O–H groups in total. The molecule has 3 rings (SSSR count). The average Bonchev–Trinajstić information content (AvgIpc) is 2.67. The summed E-state index contributed by atoms with van der Waals surface area (Å²) in [5.74, 6) is -2.50. The Morgan fingerprint density at radius 1 is 1.10 bits per heavy atom. The van der Waals surface area contributed by atoms with Crippen molar-refractivity contribution in [2.24, 2.45) is 0 Å². The van der Waals surface area contributed by atoms with Gasteiger partial charge in [-0.15, -0.1) is 0 Å². The van der Waals surface area contributed by atoms with Gasteiger partial charge in [0.1, 0.15) is 5.82 Å². The monoisotopic (exact) mass is 419 g/mol. The summed E-state index contributed by atoms with van der Waals surface area (Å²) in [6, 6.07) is 8.98. The number of carbonyl (C=O) groups is 1. The summed E-state index contributed by atoms with van der Waals surface area (Å²) < 4.78 is 39.1. The van der Waals surface area contributed by atoms with Crippen LogP contribution in [0.2, 0.25) is 0 Å². The van der Waals surface area contributed by atoms with Gasteiger partial charge in [-0.2, -0.15) is 0 Å². The lowest BCUT2D eigenvalue weighted by Gasteiger charge is -2.08. The number of nitrogens with one attached hydrogen (secondary N) is 2. The number of hydrogen-bond acceptors (Lipinski definition) is 4. The Balaban J connectivity index is 1.66. The molecule has 0 radical (unpaired) electrons. The fraction of sp³-hybridized carbons (Fsp3) is 0.150. The molecule has 0 unspecified atom stereocenters. The number of carbonyl (C=O) groups excluding carboxylic acids is 1. The molecule has 29 heavy (non-hydrogen) atoms. The number of thioether (sulfide) groups is 1. The minimum Gasteiger partial charge on any atom is -0.326 e. The summed E-state index contributed by atoms with van der Waals surface area (Å²) in [5.41, 5.74) is 1.06. The van der Waals surface area contributed by atoms with Gasteiger partial charge in [0.25, 0.3) is 5.56 Å². The highest BCUT2D eigenvalue weighted by atomic mass is 32.2. The molecule has 1 heterocycles. The van der Waals surface area contributed by atoms with Crippen molar-refractivity contribution in [2.75, 3.05) is 5.32 Å². The highest BCUT2D eigenvalue weighted by molar-refractivity contribution is 7.98. The summed E-state index contributed by atoms with van der Waals surface area (Å²) in [4.78, 5) is 31.4. The van der Waals surface area contributed by atoms with Crippen molar-refractivity contribution in [1.29, 1.82) is 0 Å². The highest BCUT2D eigenvalue weighted by Crippen LogP contribution is 2.19. The van der Waals surface area contributed by atoms with E-state index in [2.05, 4.69) is 15.3 Å². The molecule has 2 aromatic carbocycles. The number of anilines is 1. The Hall–Kier alpha value is -3.07. The van der Waals surface area contributed by atoms with Crippen molar-refractivity contribution >= 4 is 23.4 Å². The number of hydrogen-bond donors (Lipinski definition) is 2. The number of aryl methyl sites for hydroxylation is 1. The number of halogens is 3. The summed E-state index contributed by atoms with van der Waals surface area (Å²) in [7, 11) is 0. The van der Waals surface area contributed by atoms with Gasteiger partial charge in [0.2, 0.25) is 5.91 Å². The fourth-order valence-electron chi connectivity index (χ4n) is 2.53. The average molecular weight is 419 g/mol. The van der Waals surface area contributed by atoms with E-state index in [0.717, 1.165) is 17.7 Å². The lowest BCUT2D eigenvalue weighted by molar-refractivity contribution is -0.115. The van der Waals surface area contributed by atoms with Gasteiger partial charge in [0.05, 0.1) is 6.42 Å². The minimum absolute atomic E-state index is 0.0856. The lowest BCUT2D eigenvalue weighted by atomic mass is 10.1. The molecule has 0 atom stereocenters. The van der Waals surface area contributed by atoms with Crippen LogP contribution in [-0.4, -0.2) is 15.9 Å². The second kappa shape index (κ2) is 8.95. The first-order valence-corrected chi connectivity index (χ1v) is 9.52. The van der Waals surface area contributed by atoms with Crippen LogP contribution in [-0.2, 0) is 17.0 Å². The summed E-state index contributed by atoms with van der Waals surface area (Å²) in [6.07, 6.45) is -0.268. The van der Waals surface area contributed by atoms with Crippen molar-refractivity contribution in [1.82, 2.24) is 9.97 Å². The van der Waals surface area contributed by atoms with Gasteiger partial charge >= 0.3 is 0 Å². The van der Waals surface area contributed by atoms with Gasteiger partial charge in [0, 0.05) is 28.8 Å². The van der Waals surface area contributed by atoms with Crippen molar-refractivity contribution < 1.29 is 18.0 Å². The molecule has 1 amide bonds. The number of aromatic nitrogens is 2. The van der Waals surface area contributed by atoms with Crippen LogP contribution in [0, 0.1) is 24.4 Å². The van der Waals surface area contributed by atoms with E-state index in [-0.39, 0.29) is 23.5 Å². The maximum atomic E-state index is 13.2. The molecule has 150 valence electrons. The van der Waals surface area contributed by atoms with Gasteiger partial charge in [-0.05, 0) is 36.8 Å². The van der Waals surface area contributed by atoms with Crippen molar-refractivity contribution in [3.63, 3.8) is 0 Å². The Labute approximate surface area is 168 Å². The zero-order chi connectivity index (χ0) is 21.0. The van der Waals surface area contributed by atoms with Crippen LogP contribution in [0.15, 0.2) is 52.4 Å². The number of nitrogens with zero attached hydrogens (tertiary/aromatic N) is 1. The molecule has 0 bridgehead atoms. The molecule has 0 fully saturated rings. The Kier molecular flexibility index (Phi) is 6.38. The van der Waals surface area contributed by atoms with Crippen LogP contribution in [0.25, 0.3) is 0 Å². The smallest absolute Gasteiger partial charge is 0.255 e. The summed E-state index contributed by atoms with van der Waals surface area (Å²) >= 11 is 1.27. The van der Waals surface area contributed by atoms with Crippen LogP contribution < -0.4 is 10.9 Å². The summed E-state index contributed by atoms with van der Waals surface area (Å²) in [6.45, 7) is 1.61.